The second kappa shape index (κ2) is 14.6. The maximum atomic E-state index is 14.1. The van der Waals surface area contributed by atoms with Crippen LogP contribution in [0.15, 0.2) is 77.7 Å². The van der Waals surface area contributed by atoms with Gasteiger partial charge in [0.2, 0.25) is 11.8 Å². The van der Waals surface area contributed by atoms with Gasteiger partial charge in [-0.1, -0.05) is 56.7 Å². The highest BCUT2D eigenvalue weighted by molar-refractivity contribution is 7.92. The summed E-state index contributed by atoms with van der Waals surface area (Å²) in [6.07, 6.45) is -4.55. The first-order valence-corrected chi connectivity index (χ1v) is 15.6. The fourth-order valence-electron chi connectivity index (χ4n) is 4.51. The average Bonchev–Trinajstić information content (AvgIpc) is 2.98. The lowest BCUT2D eigenvalue weighted by Crippen LogP contribution is -2.52. The van der Waals surface area contributed by atoms with E-state index >= 15 is 0 Å². The minimum atomic E-state index is -4.75. The minimum Gasteiger partial charge on any atom is -0.497 e. The molecule has 8 nitrogen and oxygen atoms in total. The summed E-state index contributed by atoms with van der Waals surface area (Å²) >= 11 is 0. The molecule has 0 bridgehead atoms. The van der Waals surface area contributed by atoms with Crippen LogP contribution in [0, 0.1) is 12.8 Å². The number of carbonyl (C=O) groups is 2. The molecule has 0 aliphatic carbocycles. The molecule has 0 saturated carbocycles. The average molecular weight is 634 g/mol. The van der Waals surface area contributed by atoms with Crippen molar-refractivity contribution >= 4 is 27.5 Å². The first-order valence-electron chi connectivity index (χ1n) is 14.1. The summed E-state index contributed by atoms with van der Waals surface area (Å²) in [5.41, 5.74) is -0.0280. The van der Waals surface area contributed by atoms with Crippen LogP contribution >= 0.6 is 0 Å². The molecule has 1 N–H and O–H groups in total. The third kappa shape index (κ3) is 8.75. The number of alkyl halides is 3. The zero-order valence-corrected chi connectivity index (χ0v) is 26.2. The number of halogens is 3. The largest absolute Gasteiger partial charge is 0.497 e. The van der Waals surface area contributed by atoms with Crippen LogP contribution in [-0.2, 0) is 32.3 Å². The van der Waals surface area contributed by atoms with Gasteiger partial charge in [0, 0.05) is 13.1 Å². The molecule has 0 spiro atoms. The normalized spacial score (nSPS) is 12.5. The summed E-state index contributed by atoms with van der Waals surface area (Å²) in [4.78, 5) is 28.5. The number of nitrogens with one attached hydrogen (secondary N) is 1. The number of amides is 2. The van der Waals surface area contributed by atoms with Gasteiger partial charge in [-0.25, -0.2) is 8.42 Å². The molecule has 3 aromatic carbocycles. The van der Waals surface area contributed by atoms with E-state index < -0.39 is 46.2 Å². The summed E-state index contributed by atoms with van der Waals surface area (Å²) in [6.45, 7) is 6.75. The molecule has 12 heteroatoms. The predicted molar refractivity (Wildman–Crippen MR) is 163 cm³/mol. The second-order valence-corrected chi connectivity index (χ2v) is 12.7. The first-order chi connectivity index (χ1) is 20.7. The van der Waals surface area contributed by atoms with E-state index in [0.717, 1.165) is 17.7 Å². The Hall–Kier alpha value is -4.06. The number of ether oxygens (including phenoxy) is 1. The van der Waals surface area contributed by atoms with Crippen LogP contribution in [0.1, 0.15) is 43.9 Å². The number of aryl methyl sites for hydroxylation is 1. The molecule has 0 aliphatic rings. The molecule has 44 heavy (non-hydrogen) atoms. The first kappa shape index (κ1) is 34.4. The molecule has 3 rings (SSSR count). The van der Waals surface area contributed by atoms with E-state index in [9.17, 15) is 31.2 Å². The lowest BCUT2D eigenvalue weighted by molar-refractivity contribution is -0.140. The van der Waals surface area contributed by atoms with Crippen LogP contribution in [0.5, 0.6) is 5.75 Å². The van der Waals surface area contributed by atoms with Crippen molar-refractivity contribution in [1.82, 2.24) is 10.2 Å². The molecular formula is C32H38F3N3O5S. The molecule has 238 valence electrons. The smallest absolute Gasteiger partial charge is 0.416 e. The summed E-state index contributed by atoms with van der Waals surface area (Å²) < 4.78 is 74.8. The van der Waals surface area contributed by atoms with Crippen molar-refractivity contribution in [1.29, 1.82) is 0 Å². The Morgan fingerprint density at radius 2 is 1.64 bits per heavy atom. The van der Waals surface area contributed by atoms with Gasteiger partial charge >= 0.3 is 6.18 Å². The number of methoxy groups -OCH3 is 1. The number of hydrogen-bond acceptors (Lipinski definition) is 5. The molecule has 0 fully saturated rings. The summed E-state index contributed by atoms with van der Waals surface area (Å²) in [6, 6.07) is 15.4. The monoisotopic (exact) mass is 633 g/mol. The van der Waals surface area contributed by atoms with Gasteiger partial charge in [0.25, 0.3) is 10.0 Å². The SMILES string of the molecule is CCC(C(=O)NCC(C)C)N(Cc1cccc(OC)c1)C(=O)CN(c1cccc(C(F)(F)F)c1)S(=O)(=O)c1ccc(C)cc1. The molecule has 0 heterocycles. The predicted octanol–water partition coefficient (Wildman–Crippen LogP) is 5.80. The highest BCUT2D eigenvalue weighted by Gasteiger charge is 2.36. The van der Waals surface area contributed by atoms with Crippen LogP contribution < -0.4 is 14.4 Å². The zero-order valence-electron chi connectivity index (χ0n) is 25.4. The number of nitrogens with zero attached hydrogens (tertiary/aromatic N) is 2. The van der Waals surface area contributed by atoms with E-state index in [1.165, 1.54) is 30.2 Å². The van der Waals surface area contributed by atoms with E-state index in [-0.39, 0.29) is 29.5 Å². The number of benzene rings is 3. The Balaban J connectivity index is 2.12. The second-order valence-electron chi connectivity index (χ2n) is 10.8. The third-order valence-corrected chi connectivity index (χ3v) is 8.69. The van der Waals surface area contributed by atoms with Crippen molar-refractivity contribution in [3.8, 4) is 5.75 Å². The third-order valence-electron chi connectivity index (χ3n) is 6.91. The topological polar surface area (TPSA) is 96.0 Å². The number of anilines is 1. The van der Waals surface area contributed by atoms with Gasteiger partial charge in [0.05, 0.1) is 23.3 Å². The lowest BCUT2D eigenvalue weighted by atomic mass is 10.1. The Kier molecular flexibility index (Phi) is 11.4. The van der Waals surface area contributed by atoms with Gasteiger partial charge in [-0.15, -0.1) is 0 Å². The van der Waals surface area contributed by atoms with Gasteiger partial charge in [0.1, 0.15) is 18.3 Å². The fourth-order valence-corrected chi connectivity index (χ4v) is 5.92. The molecule has 3 aromatic rings. The lowest BCUT2D eigenvalue weighted by Gasteiger charge is -2.33. The standard InChI is InChI=1S/C32H38F3N3O5S/c1-6-29(31(40)36-19-22(2)3)37(20-24-9-7-12-27(17-24)43-5)30(39)21-38(26-11-8-10-25(18-26)32(33,34)35)44(41,42)28-15-13-23(4)14-16-28/h7-18,22,29H,6,19-21H2,1-5H3,(H,36,40). The maximum absolute atomic E-state index is 14.1. The van der Waals surface area contributed by atoms with Gasteiger partial charge in [-0.05, 0) is 67.3 Å². The highest BCUT2D eigenvalue weighted by atomic mass is 32.2. The fraction of sp³-hybridized carbons (Fsp3) is 0.375. The quantitative estimate of drug-likeness (QED) is 0.257. The number of carbonyl (C=O) groups excluding carboxylic acids is 2. The van der Waals surface area contributed by atoms with E-state index in [2.05, 4.69) is 5.32 Å². The van der Waals surface area contributed by atoms with Crippen molar-refractivity contribution in [2.75, 3.05) is 24.5 Å². The molecule has 0 aromatic heterocycles. The van der Waals surface area contributed by atoms with Gasteiger partial charge in [0.15, 0.2) is 0 Å². The number of hydrogen-bond donors (Lipinski definition) is 1. The molecule has 2 amide bonds. The molecule has 0 radical (unpaired) electrons. The van der Waals surface area contributed by atoms with Crippen molar-refractivity contribution in [2.45, 2.75) is 57.8 Å². The van der Waals surface area contributed by atoms with Crippen molar-refractivity contribution in [3.63, 3.8) is 0 Å². The minimum absolute atomic E-state index is 0.0787. The Morgan fingerprint density at radius 3 is 2.23 bits per heavy atom. The van der Waals surface area contributed by atoms with Crippen molar-refractivity contribution in [2.24, 2.45) is 5.92 Å². The highest BCUT2D eigenvalue weighted by Crippen LogP contribution is 2.33. The van der Waals surface area contributed by atoms with Crippen LogP contribution in [0.2, 0.25) is 0 Å². The maximum Gasteiger partial charge on any atom is 0.416 e. The van der Waals surface area contributed by atoms with Gasteiger partial charge < -0.3 is 15.0 Å². The van der Waals surface area contributed by atoms with E-state index in [4.69, 9.17) is 4.74 Å². The van der Waals surface area contributed by atoms with Crippen LogP contribution in [0.4, 0.5) is 18.9 Å². The Morgan fingerprint density at radius 1 is 0.977 bits per heavy atom. The number of rotatable bonds is 13. The van der Waals surface area contributed by atoms with Gasteiger partial charge in [-0.3, -0.25) is 13.9 Å². The molecule has 1 unspecified atom stereocenters. The number of sulfonamides is 1. The van der Waals surface area contributed by atoms with E-state index in [0.29, 0.717) is 28.2 Å². The van der Waals surface area contributed by atoms with E-state index in [1.807, 2.05) is 13.8 Å². The molecular weight excluding hydrogens is 595 g/mol. The van der Waals surface area contributed by atoms with E-state index in [1.54, 1.807) is 50.2 Å². The molecule has 0 aliphatic heterocycles. The van der Waals surface area contributed by atoms with Gasteiger partial charge in [-0.2, -0.15) is 13.2 Å². The van der Waals surface area contributed by atoms with Crippen molar-refractivity contribution < 1.29 is 35.9 Å². The Bertz CT molecular complexity index is 1540. The van der Waals surface area contributed by atoms with Crippen LogP contribution in [-0.4, -0.2) is 51.4 Å². The summed E-state index contributed by atoms with van der Waals surface area (Å²) in [5, 5.41) is 2.83. The molecule has 0 saturated heterocycles. The van der Waals surface area contributed by atoms with Crippen LogP contribution in [0.25, 0.3) is 0 Å². The summed E-state index contributed by atoms with van der Waals surface area (Å²) in [5.74, 6) is -0.549. The molecule has 1 atom stereocenters. The van der Waals surface area contributed by atoms with Crippen molar-refractivity contribution in [3.05, 3.63) is 89.5 Å². The Labute approximate surface area is 256 Å². The zero-order chi connectivity index (χ0) is 32.7. The summed E-state index contributed by atoms with van der Waals surface area (Å²) in [7, 11) is -3.04. The van der Waals surface area contributed by atoms with Crippen LogP contribution in [0.3, 0.4) is 0 Å².